The number of nitrogens with zero attached hydrogens (tertiary/aromatic N) is 1. The summed E-state index contributed by atoms with van der Waals surface area (Å²) >= 11 is 0. The first-order chi connectivity index (χ1) is 10.2. The Morgan fingerprint density at radius 3 is 2.38 bits per heavy atom. The van der Waals surface area contributed by atoms with Crippen molar-refractivity contribution in [3.8, 4) is 0 Å². The van der Waals surface area contributed by atoms with E-state index in [2.05, 4.69) is 22.4 Å². The monoisotopic (exact) mass is 280 g/mol. The maximum absolute atomic E-state index is 6.20. The zero-order valence-corrected chi connectivity index (χ0v) is 12.1. The summed E-state index contributed by atoms with van der Waals surface area (Å²) in [5.74, 6) is 0.658. The second-order valence-electron chi connectivity index (χ2n) is 4.61. The summed E-state index contributed by atoms with van der Waals surface area (Å²) in [5.41, 5.74) is 15.3. The van der Waals surface area contributed by atoms with E-state index in [4.69, 9.17) is 11.5 Å². The van der Waals surface area contributed by atoms with Crippen molar-refractivity contribution >= 4 is 17.6 Å². The fraction of sp³-hybridized carbons (Fsp3) is 0.118. The van der Waals surface area contributed by atoms with E-state index in [0.29, 0.717) is 23.8 Å². The Morgan fingerprint density at radius 2 is 1.76 bits per heavy atom. The SMILES string of the molecule is CC=N/C(NCc1ccccc1)=C(\N)c1ccc(N)cc1. The van der Waals surface area contributed by atoms with Gasteiger partial charge in [-0.2, -0.15) is 0 Å². The van der Waals surface area contributed by atoms with Crippen LogP contribution >= 0.6 is 0 Å². The second kappa shape index (κ2) is 7.14. The van der Waals surface area contributed by atoms with Gasteiger partial charge in [-0.3, -0.25) is 0 Å². The Bertz CT molecular complexity index is 628. The number of nitrogens with one attached hydrogen (secondary N) is 1. The molecule has 4 heteroatoms. The minimum Gasteiger partial charge on any atom is -0.399 e. The molecule has 0 heterocycles. The lowest BCUT2D eigenvalue weighted by Crippen LogP contribution is -2.16. The summed E-state index contributed by atoms with van der Waals surface area (Å²) < 4.78 is 0. The number of benzene rings is 2. The van der Waals surface area contributed by atoms with Crippen LogP contribution in [-0.2, 0) is 6.54 Å². The molecule has 0 aromatic heterocycles. The molecule has 0 atom stereocenters. The molecule has 2 aromatic rings. The fourth-order valence-corrected chi connectivity index (χ4v) is 1.92. The van der Waals surface area contributed by atoms with Crippen molar-refractivity contribution in [1.82, 2.24) is 5.32 Å². The van der Waals surface area contributed by atoms with Gasteiger partial charge in [0.15, 0.2) is 0 Å². The molecule has 4 nitrogen and oxygen atoms in total. The predicted octanol–water partition coefficient (Wildman–Crippen LogP) is 2.73. The number of aliphatic imine (C=N–C) groups is 1. The van der Waals surface area contributed by atoms with Crippen LogP contribution in [0.15, 0.2) is 65.4 Å². The summed E-state index contributed by atoms with van der Waals surface area (Å²) in [7, 11) is 0. The van der Waals surface area contributed by atoms with Crippen LogP contribution in [0.25, 0.3) is 5.70 Å². The molecule has 0 bridgehead atoms. The number of anilines is 1. The van der Waals surface area contributed by atoms with Gasteiger partial charge in [0.05, 0.1) is 5.70 Å². The molecule has 2 aromatic carbocycles. The number of nitrogens with two attached hydrogens (primary N) is 2. The average molecular weight is 280 g/mol. The molecule has 0 aliphatic heterocycles. The lowest BCUT2D eigenvalue weighted by molar-refractivity contribution is 0.802. The topological polar surface area (TPSA) is 76.4 Å². The van der Waals surface area contributed by atoms with Crippen molar-refractivity contribution in [3.63, 3.8) is 0 Å². The number of rotatable bonds is 5. The van der Waals surface area contributed by atoms with Crippen LogP contribution in [0.5, 0.6) is 0 Å². The molecule has 0 saturated heterocycles. The Morgan fingerprint density at radius 1 is 1.10 bits per heavy atom. The van der Waals surface area contributed by atoms with Gasteiger partial charge in [0, 0.05) is 24.0 Å². The smallest absolute Gasteiger partial charge is 0.149 e. The van der Waals surface area contributed by atoms with Gasteiger partial charge in [-0.05, 0) is 24.6 Å². The van der Waals surface area contributed by atoms with Crippen LogP contribution in [0.3, 0.4) is 0 Å². The van der Waals surface area contributed by atoms with E-state index in [1.807, 2.05) is 49.4 Å². The Hall–Kier alpha value is -2.75. The highest BCUT2D eigenvalue weighted by molar-refractivity contribution is 5.69. The van der Waals surface area contributed by atoms with Crippen molar-refractivity contribution in [2.24, 2.45) is 10.7 Å². The Balaban J connectivity index is 2.20. The van der Waals surface area contributed by atoms with Crippen molar-refractivity contribution in [2.45, 2.75) is 13.5 Å². The average Bonchev–Trinajstić information content (AvgIpc) is 2.52. The first kappa shape index (κ1) is 14.7. The molecule has 0 unspecified atom stereocenters. The van der Waals surface area contributed by atoms with Crippen LogP contribution in [-0.4, -0.2) is 6.21 Å². The van der Waals surface area contributed by atoms with E-state index in [1.54, 1.807) is 6.21 Å². The first-order valence-corrected chi connectivity index (χ1v) is 6.83. The van der Waals surface area contributed by atoms with Gasteiger partial charge in [-0.15, -0.1) is 0 Å². The highest BCUT2D eigenvalue weighted by Gasteiger charge is 2.04. The molecule has 0 saturated carbocycles. The number of hydrogen-bond donors (Lipinski definition) is 3. The first-order valence-electron chi connectivity index (χ1n) is 6.83. The summed E-state index contributed by atoms with van der Waals surface area (Å²) in [6.07, 6.45) is 1.72. The van der Waals surface area contributed by atoms with Crippen LogP contribution < -0.4 is 16.8 Å². The maximum Gasteiger partial charge on any atom is 0.149 e. The van der Waals surface area contributed by atoms with Gasteiger partial charge in [0.2, 0.25) is 0 Å². The summed E-state index contributed by atoms with van der Waals surface area (Å²) in [6.45, 7) is 2.53. The lowest BCUT2D eigenvalue weighted by Gasteiger charge is -2.11. The third kappa shape index (κ3) is 4.11. The number of hydrogen-bond acceptors (Lipinski definition) is 4. The molecule has 0 aliphatic carbocycles. The van der Waals surface area contributed by atoms with Crippen LogP contribution in [0.4, 0.5) is 5.69 Å². The van der Waals surface area contributed by atoms with E-state index in [0.717, 1.165) is 5.56 Å². The van der Waals surface area contributed by atoms with E-state index < -0.39 is 0 Å². The summed E-state index contributed by atoms with van der Waals surface area (Å²) in [4.78, 5) is 4.33. The van der Waals surface area contributed by atoms with Gasteiger partial charge in [0.1, 0.15) is 5.82 Å². The van der Waals surface area contributed by atoms with Crippen LogP contribution in [0, 0.1) is 0 Å². The van der Waals surface area contributed by atoms with Crippen LogP contribution in [0.2, 0.25) is 0 Å². The van der Waals surface area contributed by atoms with E-state index in [-0.39, 0.29) is 0 Å². The fourth-order valence-electron chi connectivity index (χ4n) is 1.92. The summed E-state index contributed by atoms with van der Waals surface area (Å²) in [6, 6.07) is 17.5. The molecule has 0 fully saturated rings. The Labute approximate surface area is 125 Å². The van der Waals surface area contributed by atoms with Crippen molar-refractivity contribution < 1.29 is 0 Å². The molecule has 0 amide bonds. The minimum atomic E-state index is 0.601. The van der Waals surface area contributed by atoms with E-state index >= 15 is 0 Å². The molecule has 0 spiro atoms. The van der Waals surface area contributed by atoms with Gasteiger partial charge >= 0.3 is 0 Å². The normalized spacial score (nSPS) is 12.2. The Kier molecular flexibility index (Phi) is 4.99. The highest BCUT2D eigenvalue weighted by atomic mass is 15.0. The van der Waals surface area contributed by atoms with Gasteiger partial charge in [-0.25, -0.2) is 4.99 Å². The molecule has 0 aliphatic rings. The lowest BCUT2D eigenvalue weighted by atomic mass is 10.1. The van der Waals surface area contributed by atoms with Crippen molar-refractivity contribution in [3.05, 3.63) is 71.5 Å². The molecular weight excluding hydrogens is 260 g/mol. The van der Waals surface area contributed by atoms with E-state index in [1.165, 1.54) is 5.56 Å². The summed E-state index contributed by atoms with van der Waals surface area (Å²) in [5, 5.41) is 3.28. The molecule has 21 heavy (non-hydrogen) atoms. The molecule has 108 valence electrons. The zero-order valence-electron chi connectivity index (χ0n) is 12.1. The maximum atomic E-state index is 6.20. The second-order valence-corrected chi connectivity index (χ2v) is 4.61. The third-order valence-electron chi connectivity index (χ3n) is 3.04. The minimum absolute atomic E-state index is 0.601. The van der Waals surface area contributed by atoms with Gasteiger partial charge < -0.3 is 16.8 Å². The molecule has 5 N–H and O–H groups in total. The quantitative estimate of drug-likeness (QED) is 0.582. The predicted molar refractivity (Wildman–Crippen MR) is 89.4 cm³/mol. The van der Waals surface area contributed by atoms with Crippen molar-refractivity contribution in [2.75, 3.05) is 5.73 Å². The third-order valence-corrected chi connectivity index (χ3v) is 3.04. The van der Waals surface area contributed by atoms with Crippen molar-refractivity contribution in [1.29, 1.82) is 0 Å². The number of nitrogen functional groups attached to an aromatic ring is 1. The van der Waals surface area contributed by atoms with Crippen LogP contribution in [0.1, 0.15) is 18.1 Å². The highest BCUT2D eigenvalue weighted by Crippen LogP contribution is 2.15. The standard InChI is InChI=1S/C17H20N4/c1-2-20-17(21-12-13-6-4-3-5-7-13)16(19)14-8-10-15(18)11-9-14/h2-11,21H,12,18-19H2,1H3/b17-16+,20-2?. The van der Waals surface area contributed by atoms with Gasteiger partial charge in [-0.1, -0.05) is 42.5 Å². The van der Waals surface area contributed by atoms with E-state index in [9.17, 15) is 0 Å². The molecule has 2 rings (SSSR count). The largest absolute Gasteiger partial charge is 0.399 e. The zero-order chi connectivity index (χ0) is 15.1. The molecule has 0 radical (unpaired) electrons. The molecular formula is C17H20N4. The van der Waals surface area contributed by atoms with Gasteiger partial charge in [0.25, 0.3) is 0 Å².